The minimum atomic E-state index is -0.250. The van der Waals surface area contributed by atoms with Crippen molar-refractivity contribution in [3.63, 3.8) is 0 Å². The number of aromatic nitrogens is 1. The quantitative estimate of drug-likeness (QED) is 0.905. The van der Waals surface area contributed by atoms with Gasteiger partial charge in [0.05, 0.1) is 11.7 Å². The number of amides is 2. The fraction of sp³-hybridized carbons (Fsp3) is 0.143. The number of nitrogens with zero attached hydrogens (tertiary/aromatic N) is 1. The highest BCUT2D eigenvalue weighted by Gasteiger charge is 2.09. The van der Waals surface area contributed by atoms with Crippen molar-refractivity contribution in [2.24, 2.45) is 0 Å². The van der Waals surface area contributed by atoms with E-state index in [4.69, 9.17) is 0 Å². The van der Waals surface area contributed by atoms with Gasteiger partial charge in [-0.05, 0) is 43.3 Å². The lowest BCUT2D eigenvalue weighted by Gasteiger charge is -2.14. The molecule has 0 saturated carbocycles. The molecule has 0 spiro atoms. The van der Waals surface area contributed by atoms with E-state index in [1.165, 1.54) is 0 Å². The molecular weight excluding hydrogens is 306 g/mol. The molecule has 5 heteroatoms. The van der Waals surface area contributed by atoms with E-state index in [-0.39, 0.29) is 12.1 Å². The van der Waals surface area contributed by atoms with E-state index < -0.39 is 0 Å². The van der Waals surface area contributed by atoms with Crippen LogP contribution in [-0.2, 0) is 0 Å². The smallest absolute Gasteiger partial charge is 0.319 e. The maximum Gasteiger partial charge on any atom is 0.319 e. The topological polar surface area (TPSA) is 54.0 Å². The maximum absolute atomic E-state index is 11.8. The number of hydrogen-bond acceptors (Lipinski definition) is 2. The van der Waals surface area contributed by atoms with Crippen molar-refractivity contribution in [3.05, 3.63) is 58.8 Å². The third kappa shape index (κ3) is 4.06. The summed E-state index contributed by atoms with van der Waals surface area (Å²) < 4.78 is 0.973. The Hall–Kier alpha value is -1.88. The highest BCUT2D eigenvalue weighted by atomic mass is 79.9. The number of anilines is 1. The number of halogens is 1. The highest BCUT2D eigenvalue weighted by molar-refractivity contribution is 9.10. The average Bonchev–Trinajstić information content (AvgIpc) is 2.42. The summed E-state index contributed by atoms with van der Waals surface area (Å²) in [5, 5.41) is 5.61. The molecule has 98 valence electrons. The molecule has 0 aliphatic heterocycles. The number of rotatable bonds is 3. The summed E-state index contributed by atoms with van der Waals surface area (Å²) in [5.74, 6) is 0. The van der Waals surface area contributed by atoms with Crippen LogP contribution in [0, 0.1) is 0 Å². The molecule has 1 aromatic carbocycles. The number of carbonyl (C=O) groups is 1. The van der Waals surface area contributed by atoms with E-state index in [0.717, 1.165) is 15.9 Å². The molecule has 0 aliphatic rings. The monoisotopic (exact) mass is 319 g/mol. The Labute approximate surface area is 120 Å². The van der Waals surface area contributed by atoms with E-state index in [0.29, 0.717) is 0 Å². The van der Waals surface area contributed by atoms with Crippen LogP contribution in [-0.4, -0.2) is 11.0 Å². The first kappa shape index (κ1) is 13.5. The molecule has 0 bridgehead atoms. The van der Waals surface area contributed by atoms with E-state index in [1.807, 2.05) is 49.4 Å². The van der Waals surface area contributed by atoms with Crippen molar-refractivity contribution in [1.29, 1.82) is 0 Å². The van der Waals surface area contributed by atoms with Gasteiger partial charge in [0, 0.05) is 16.4 Å². The molecular formula is C14H14BrN3O. The van der Waals surface area contributed by atoms with E-state index in [1.54, 1.807) is 6.20 Å². The molecule has 2 amide bonds. The number of nitrogens with one attached hydrogen (secondary N) is 2. The van der Waals surface area contributed by atoms with Crippen LogP contribution < -0.4 is 10.6 Å². The Bertz CT molecular complexity index is 542. The van der Waals surface area contributed by atoms with Crippen LogP contribution >= 0.6 is 15.9 Å². The van der Waals surface area contributed by atoms with Crippen molar-refractivity contribution in [3.8, 4) is 0 Å². The van der Waals surface area contributed by atoms with E-state index in [2.05, 4.69) is 31.5 Å². The predicted octanol–water partition coefficient (Wildman–Crippen LogP) is 3.73. The van der Waals surface area contributed by atoms with Gasteiger partial charge in [-0.1, -0.05) is 22.0 Å². The molecule has 1 heterocycles. The lowest BCUT2D eigenvalue weighted by Crippen LogP contribution is -2.31. The molecule has 2 rings (SSSR count). The second-order valence-corrected chi connectivity index (χ2v) is 5.00. The average molecular weight is 320 g/mol. The molecule has 2 aromatic rings. The number of pyridine rings is 1. The van der Waals surface area contributed by atoms with E-state index in [9.17, 15) is 4.79 Å². The largest absolute Gasteiger partial charge is 0.330 e. The van der Waals surface area contributed by atoms with Crippen LogP contribution in [0.5, 0.6) is 0 Å². The summed E-state index contributed by atoms with van der Waals surface area (Å²) in [6.45, 7) is 1.89. The molecule has 1 aromatic heterocycles. The van der Waals surface area contributed by atoms with Crippen LogP contribution in [0.15, 0.2) is 53.1 Å². The first-order valence-corrected chi connectivity index (χ1v) is 6.68. The maximum atomic E-state index is 11.8. The molecule has 0 aliphatic carbocycles. The Balaban J connectivity index is 1.93. The normalized spacial score (nSPS) is 11.7. The number of carbonyl (C=O) groups excluding carboxylic acids is 1. The fourth-order valence-electron chi connectivity index (χ4n) is 1.60. The van der Waals surface area contributed by atoms with Gasteiger partial charge in [-0.2, -0.15) is 0 Å². The van der Waals surface area contributed by atoms with Gasteiger partial charge >= 0.3 is 6.03 Å². The Morgan fingerprint density at radius 1 is 1.21 bits per heavy atom. The zero-order chi connectivity index (χ0) is 13.7. The summed E-state index contributed by atoms with van der Waals surface area (Å²) in [6, 6.07) is 12.6. The third-order valence-corrected chi connectivity index (χ3v) is 3.11. The van der Waals surface area contributed by atoms with Crippen LogP contribution in [0.1, 0.15) is 18.7 Å². The minimum Gasteiger partial charge on any atom is -0.330 e. The fourth-order valence-corrected chi connectivity index (χ4v) is 1.87. The highest BCUT2D eigenvalue weighted by Crippen LogP contribution is 2.14. The van der Waals surface area contributed by atoms with Crippen LogP contribution in [0.2, 0.25) is 0 Å². The van der Waals surface area contributed by atoms with Crippen molar-refractivity contribution < 1.29 is 4.79 Å². The molecule has 4 nitrogen and oxygen atoms in total. The van der Waals surface area contributed by atoms with Gasteiger partial charge in [0.25, 0.3) is 0 Å². The van der Waals surface area contributed by atoms with Gasteiger partial charge in [-0.3, -0.25) is 4.98 Å². The van der Waals surface area contributed by atoms with Gasteiger partial charge < -0.3 is 10.6 Å². The van der Waals surface area contributed by atoms with Crippen molar-refractivity contribution >= 4 is 27.6 Å². The minimum absolute atomic E-state index is 0.142. The molecule has 19 heavy (non-hydrogen) atoms. The molecule has 0 fully saturated rings. The molecule has 0 radical (unpaired) electrons. The zero-order valence-electron chi connectivity index (χ0n) is 10.4. The van der Waals surface area contributed by atoms with Crippen LogP contribution in [0.3, 0.4) is 0 Å². The lowest BCUT2D eigenvalue weighted by atomic mass is 10.2. The number of hydrogen-bond donors (Lipinski definition) is 2. The Morgan fingerprint density at radius 3 is 2.58 bits per heavy atom. The third-order valence-electron chi connectivity index (χ3n) is 2.58. The molecule has 0 unspecified atom stereocenters. The standard InChI is InChI=1S/C14H14BrN3O/c1-10(13-4-2-3-9-16-13)17-14(19)18-12-7-5-11(15)6-8-12/h2-10H,1H3,(H2,17,18,19)/t10-/m1/s1. The molecule has 0 saturated heterocycles. The predicted molar refractivity (Wildman–Crippen MR) is 78.9 cm³/mol. The summed E-state index contributed by atoms with van der Waals surface area (Å²) in [7, 11) is 0. The lowest BCUT2D eigenvalue weighted by molar-refractivity contribution is 0.249. The number of urea groups is 1. The van der Waals surface area contributed by atoms with Gasteiger partial charge in [0.2, 0.25) is 0 Å². The summed E-state index contributed by atoms with van der Waals surface area (Å²) in [6.07, 6.45) is 1.71. The Morgan fingerprint density at radius 2 is 1.95 bits per heavy atom. The van der Waals surface area contributed by atoms with Gasteiger partial charge in [-0.25, -0.2) is 4.79 Å². The summed E-state index contributed by atoms with van der Waals surface area (Å²) in [5.41, 5.74) is 1.57. The van der Waals surface area contributed by atoms with Gasteiger partial charge in [0.15, 0.2) is 0 Å². The van der Waals surface area contributed by atoms with Gasteiger partial charge in [0.1, 0.15) is 0 Å². The van der Waals surface area contributed by atoms with Crippen molar-refractivity contribution in [2.75, 3.05) is 5.32 Å². The summed E-state index contributed by atoms with van der Waals surface area (Å²) in [4.78, 5) is 16.0. The zero-order valence-corrected chi connectivity index (χ0v) is 12.0. The number of benzene rings is 1. The van der Waals surface area contributed by atoms with Crippen molar-refractivity contribution in [1.82, 2.24) is 10.3 Å². The first-order valence-electron chi connectivity index (χ1n) is 5.89. The molecule has 2 N–H and O–H groups in total. The second-order valence-electron chi connectivity index (χ2n) is 4.08. The van der Waals surface area contributed by atoms with Crippen LogP contribution in [0.25, 0.3) is 0 Å². The Kier molecular flexibility index (Phi) is 4.52. The first-order chi connectivity index (χ1) is 9.15. The second kappa shape index (κ2) is 6.33. The van der Waals surface area contributed by atoms with Crippen LogP contribution in [0.4, 0.5) is 10.5 Å². The van der Waals surface area contributed by atoms with Crippen molar-refractivity contribution in [2.45, 2.75) is 13.0 Å². The summed E-state index contributed by atoms with van der Waals surface area (Å²) >= 11 is 3.35. The van der Waals surface area contributed by atoms with Gasteiger partial charge in [-0.15, -0.1) is 0 Å². The molecule has 1 atom stereocenters. The van der Waals surface area contributed by atoms with E-state index >= 15 is 0 Å². The SMILES string of the molecule is C[C@@H](NC(=O)Nc1ccc(Br)cc1)c1ccccn1.